The first-order chi connectivity index (χ1) is 16.0. The summed E-state index contributed by atoms with van der Waals surface area (Å²) < 4.78 is 37.8. The summed E-state index contributed by atoms with van der Waals surface area (Å²) in [5, 5.41) is -0.916. The highest BCUT2D eigenvalue weighted by molar-refractivity contribution is 7.96. The second-order valence-electron chi connectivity index (χ2n) is 9.13. The average molecular weight is 506 g/mol. The molecule has 0 N–H and O–H groups in total. The lowest BCUT2D eigenvalue weighted by Gasteiger charge is -2.33. The van der Waals surface area contributed by atoms with Crippen molar-refractivity contribution in [1.82, 2.24) is 4.90 Å². The zero-order chi connectivity index (χ0) is 25.4. The fourth-order valence-electron chi connectivity index (χ4n) is 3.36. The van der Waals surface area contributed by atoms with Gasteiger partial charge in [-0.3, -0.25) is 9.69 Å². The molecule has 186 valence electrons. The van der Waals surface area contributed by atoms with Gasteiger partial charge in [-0.05, 0) is 57.4 Å². The van der Waals surface area contributed by atoms with E-state index in [9.17, 15) is 13.2 Å². The van der Waals surface area contributed by atoms with Crippen molar-refractivity contribution in [1.29, 1.82) is 0 Å². The van der Waals surface area contributed by atoms with E-state index < -0.39 is 27.1 Å². The molecule has 2 rings (SSSR count). The largest absolute Gasteiger partial charge is 0.468 e. The van der Waals surface area contributed by atoms with Gasteiger partial charge in [0.2, 0.25) is 0 Å². The molecule has 0 aliphatic heterocycles. The van der Waals surface area contributed by atoms with Gasteiger partial charge in [0.25, 0.3) is 0 Å². The molecule has 0 fully saturated rings. The van der Waals surface area contributed by atoms with Crippen molar-refractivity contribution in [2.75, 3.05) is 20.3 Å². The van der Waals surface area contributed by atoms with E-state index in [1.54, 1.807) is 37.3 Å². The Kier molecular flexibility index (Phi) is 10.4. The van der Waals surface area contributed by atoms with E-state index in [1.165, 1.54) is 19.2 Å². The Morgan fingerprint density at radius 1 is 1.06 bits per heavy atom. The van der Waals surface area contributed by atoms with Crippen molar-refractivity contribution in [3.8, 4) is 0 Å². The first kappa shape index (κ1) is 28.1. The second-order valence-corrected chi connectivity index (χ2v) is 12.9. The molecule has 0 aliphatic carbocycles. The predicted octanol–water partition coefficient (Wildman–Crippen LogP) is 4.91. The first-order valence-corrected chi connectivity index (χ1v) is 13.3. The number of hydrogen-bond acceptors (Lipinski definition) is 7. The molecule has 0 heterocycles. The summed E-state index contributed by atoms with van der Waals surface area (Å²) in [6, 6.07) is 17.1. The molecule has 0 aromatic heterocycles. The molecule has 0 amide bonds. The van der Waals surface area contributed by atoms with Crippen LogP contribution in [0, 0.1) is 0 Å². The molecule has 0 saturated heterocycles. The third-order valence-corrected chi connectivity index (χ3v) is 8.06. The van der Waals surface area contributed by atoms with Crippen LogP contribution in [0.15, 0.2) is 77.7 Å². The van der Waals surface area contributed by atoms with Gasteiger partial charge in [-0.15, -0.1) is 0 Å². The second kappa shape index (κ2) is 12.5. The topological polar surface area (TPSA) is 72.9 Å². The number of nitrogens with zero attached hydrogens (tertiary/aromatic N) is 1. The van der Waals surface area contributed by atoms with Gasteiger partial charge in [0.1, 0.15) is 6.04 Å². The molecule has 2 atom stereocenters. The van der Waals surface area contributed by atoms with Crippen LogP contribution in [0.3, 0.4) is 0 Å². The van der Waals surface area contributed by atoms with E-state index in [2.05, 4.69) is 6.58 Å². The summed E-state index contributed by atoms with van der Waals surface area (Å²) in [4.78, 5) is 14.9. The summed E-state index contributed by atoms with van der Waals surface area (Å²) in [6.45, 7) is 12.2. The number of benzene rings is 2. The van der Waals surface area contributed by atoms with Gasteiger partial charge in [0.15, 0.2) is 9.84 Å². The smallest absolute Gasteiger partial charge is 0.325 e. The Bertz CT molecular complexity index is 1030. The van der Waals surface area contributed by atoms with Crippen molar-refractivity contribution in [3.63, 3.8) is 0 Å². The van der Waals surface area contributed by atoms with Crippen molar-refractivity contribution in [2.45, 2.75) is 55.2 Å². The Balaban J connectivity index is 2.43. The van der Waals surface area contributed by atoms with Gasteiger partial charge in [0, 0.05) is 17.8 Å². The Labute approximate surface area is 208 Å². The summed E-state index contributed by atoms with van der Waals surface area (Å²) in [6.07, 6.45) is 0. The van der Waals surface area contributed by atoms with Crippen LogP contribution in [0.5, 0.6) is 0 Å². The molecular formula is C26H35NO5S2. The third-order valence-electron chi connectivity index (χ3n) is 5.07. The molecular weight excluding hydrogens is 470 g/mol. The summed E-state index contributed by atoms with van der Waals surface area (Å²) in [5.74, 6) is -0.483. The van der Waals surface area contributed by atoms with Crippen molar-refractivity contribution < 1.29 is 22.1 Å². The minimum Gasteiger partial charge on any atom is -0.468 e. The molecule has 2 aromatic carbocycles. The Morgan fingerprint density at radius 3 is 2.12 bits per heavy atom. The predicted molar refractivity (Wildman–Crippen MR) is 138 cm³/mol. The fourth-order valence-corrected chi connectivity index (χ4v) is 5.69. The first-order valence-electron chi connectivity index (χ1n) is 11.1. The number of sulfone groups is 1. The van der Waals surface area contributed by atoms with Crippen LogP contribution in [0.25, 0.3) is 0 Å². The highest BCUT2D eigenvalue weighted by atomic mass is 32.2. The maximum atomic E-state index is 13.5. The summed E-state index contributed by atoms with van der Waals surface area (Å²) in [7, 11) is -2.41. The zero-order valence-electron chi connectivity index (χ0n) is 20.6. The summed E-state index contributed by atoms with van der Waals surface area (Å²) >= 11 is 1.27. The van der Waals surface area contributed by atoms with Gasteiger partial charge in [0.05, 0.1) is 23.9 Å². The van der Waals surface area contributed by atoms with Gasteiger partial charge in [-0.25, -0.2) is 8.42 Å². The van der Waals surface area contributed by atoms with Gasteiger partial charge >= 0.3 is 5.97 Å². The van der Waals surface area contributed by atoms with Crippen LogP contribution in [-0.2, 0) is 30.1 Å². The highest BCUT2D eigenvalue weighted by Crippen LogP contribution is 2.27. The number of methoxy groups -OCH3 is 1. The third kappa shape index (κ3) is 8.27. The monoisotopic (exact) mass is 505 g/mol. The van der Waals surface area contributed by atoms with E-state index in [4.69, 9.17) is 8.92 Å². The van der Waals surface area contributed by atoms with Crippen LogP contribution in [-0.4, -0.2) is 55.6 Å². The average Bonchev–Trinajstić information content (AvgIpc) is 2.79. The van der Waals surface area contributed by atoms with E-state index in [-0.39, 0.29) is 22.8 Å². The fraction of sp³-hybridized carbons (Fsp3) is 0.423. The lowest BCUT2D eigenvalue weighted by molar-refractivity contribution is -0.148. The summed E-state index contributed by atoms with van der Waals surface area (Å²) in [5.41, 5.74) is 1.44. The lowest BCUT2D eigenvalue weighted by atomic mass is 10.1. The van der Waals surface area contributed by atoms with Crippen molar-refractivity contribution in [3.05, 3.63) is 78.4 Å². The zero-order valence-corrected chi connectivity index (χ0v) is 22.2. The molecule has 8 heteroatoms. The molecule has 6 nitrogen and oxygen atoms in total. The Hall–Kier alpha value is -2.13. The maximum Gasteiger partial charge on any atom is 0.325 e. The molecule has 0 saturated carbocycles. The molecule has 0 radical (unpaired) electrons. The van der Waals surface area contributed by atoms with Gasteiger partial charge in [-0.2, -0.15) is 0 Å². The molecule has 2 aromatic rings. The SMILES string of the molecule is C=C(C)C(CN(Cc1ccccc1)[C@H](COSC(C)(C)C)C(=O)OC)S(=O)(=O)c1ccccc1. The normalized spacial score (nSPS) is 13.9. The number of esters is 1. The lowest BCUT2D eigenvalue weighted by Crippen LogP contribution is -2.49. The quantitative estimate of drug-likeness (QED) is 0.230. The number of ether oxygens (including phenoxy) is 1. The molecule has 34 heavy (non-hydrogen) atoms. The molecule has 0 aliphatic rings. The molecule has 0 spiro atoms. The maximum absolute atomic E-state index is 13.5. The van der Waals surface area contributed by atoms with Crippen molar-refractivity contribution >= 4 is 27.8 Å². The van der Waals surface area contributed by atoms with E-state index in [0.717, 1.165) is 5.56 Å². The number of carbonyl (C=O) groups excluding carboxylic acids is 1. The molecule has 1 unspecified atom stereocenters. The Morgan fingerprint density at radius 2 is 1.62 bits per heavy atom. The van der Waals surface area contributed by atoms with Crippen LogP contribution >= 0.6 is 12.0 Å². The highest BCUT2D eigenvalue weighted by Gasteiger charge is 2.35. The van der Waals surface area contributed by atoms with E-state index >= 15 is 0 Å². The van der Waals surface area contributed by atoms with Crippen LogP contribution in [0.1, 0.15) is 33.3 Å². The standard InChI is InChI=1S/C26H35NO5S2/c1-20(2)24(34(29,30)22-15-11-8-12-16-22)18-27(17-21-13-9-7-10-14-21)23(25(28)31-6)19-32-33-26(3,4)5/h7-16,23-24H,1,17-19H2,2-6H3/t23-,24?/m1/s1. The van der Waals surface area contributed by atoms with Crippen LogP contribution in [0.4, 0.5) is 0 Å². The van der Waals surface area contributed by atoms with E-state index in [0.29, 0.717) is 12.1 Å². The van der Waals surface area contributed by atoms with Gasteiger partial charge in [-0.1, -0.05) is 60.7 Å². The minimum atomic E-state index is -3.74. The van der Waals surface area contributed by atoms with Crippen LogP contribution < -0.4 is 0 Å². The van der Waals surface area contributed by atoms with Crippen LogP contribution in [0.2, 0.25) is 0 Å². The van der Waals surface area contributed by atoms with E-state index in [1.807, 2.05) is 56.0 Å². The number of carbonyl (C=O) groups is 1. The molecule has 0 bridgehead atoms. The number of hydrogen-bond donors (Lipinski definition) is 0. The van der Waals surface area contributed by atoms with Crippen molar-refractivity contribution in [2.24, 2.45) is 0 Å². The van der Waals surface area contributed by atoms with Gasteiger partial charge < -0.3 is 8.92 Å². The minimum absolute atomic E-state index is 0.0513. The number of rotatable bonds is 12.